The third-order valence-corrected chi connectivity index (χ3v) is 3.36. The molecular weight excluding hydrogens is 221 g/mol. The lowest BCUT2D eigenvalue weighted by atomic mass is 10.0. The van der Waals surface area contributed by atoms with Crippen LogP contribution in [0.2, 0.25) is 10.0 Å². The van der Waals surface area contributed by atoms with Crippen LogP contribution in [0, 0.1) is 32.0 Å². The third kappa shape index (κ3) is 1.66. The second-order valence-corrected chi connectivity index (χ2v) is 3.84. The fourth-order valence-electron chi connectivity index (χ4n) is 1.37. The monoisotopic (exact) mass is 229 g/mol. The predicted octanol–water partition coefficient (Wildman–Crippen LogP) is 4.10. The van der Waals surface area contributed by atoms with E-state index >= 15 is 0 Å². The van der Waals surface area contributed by atoms with Crippen molar-refractivity contribution in [3.05, 3.63) is 42.5 Å². The first-order valence-corrected chi connectivity index (χ1v) is 4.79. The van der Waals surface area contributed by atoms with E-state index in [2.05, 4.69) is 11.1 Å². The molecule has 0 aliphatic rings. The molecule has 0 aliphatic carbocycles. The summed E-state index contributed by atoms with van der Waals surface area (Å²) >= 11 is 12.1. The number of benzene rings is 1. The van der Waals surface area contributed by atoms with Crippen molar-refractivity contribution >= 4 is 23.2 Å². The molecule has 14 heavy (non-hydrogen) atoms. The lowest BCUT2D eigenvalue weighted by molar-refractivity contribution is 1.29. The summed E-state index contributed by atoms with van der Waals surface area (Å²) in [5, 5.41) is 13.9. The molecule has 1 aromatic carbocycles. The molecule has 74 valence electrons. The van der Waals surface area contributed by atoms with Gasteiger partial charge in [-0.25, -0.2) is 0 Å². The van der Waals surface area contributed by atoms with Gasteiger partial charge in [0, 0.05) is 15.1 Å². The number of rotatable bonds is 0. The molecule has 0 saturated carbocycles. The Kier molecular flexibility index (Phi) is 3.25. The van der Waals surface area contributed by atoms with Crippen molar-refractivity contribution in [1.29, 1.82) is 0 Å². The van der Waals surface area contributed by atoms with Gasteiger partial charge in [-0.2, -0.15) is 0 Å². The molecule has 0 spiro atoms. The largest absolute Gasteiger partial charge is 0.498 e. The minimum atomic E-state index is 0.562. The van der Waals surface area contributed by atoms with Gasteiger partial charge in [0.05, 0.1) is 0 Å². The average molecular weight is 230 g/mol. The molecule has 1 aromatic rings. The van der Waals surface area contributed by atoms with Gasteiger partial charge in [-0.1, -0.05) is 23.2 Å². The summed E-state index contributed by atoms with van der Waals surface area (Å²) in [6.45, 7) is 5.46. The smallest absolute Gasteiger partial charge is 0.337 e. The molecule has 0 saturated heterocycles. The van der Waals surface area contributed by atoms with Crippen LogP contribution in [0.3, 0.4) is 0 Å². The van der Waals surface area contributed by atoms with E-state index in [-0.39, 0.29) is 0 Å². The first-order chi connectivity index (χ1) is 6.50. The highest BCUT2D eigenvalue weighted by Crippen LogP contribution is 2.33. The van der Waals surface area contributed by atoms with Gasteiger partial charge in [0.2, 0.25) is 0 Å². The van der Waals surface area contributed by atoms with Crippen LogP contribution in [-0.2, 0) is 0 Å². The molecule has 0 aliphatic heterocycles. The Balaban J connectivity index is 3.65. The van der Waals surface area contributed by atoms with Crippen LogP contribution < -0.4 is 0 Å². The molecule has 0 aromatic heterocycles. The van der Waals surface area contributed by atoms with Gasteiger partial charge in [0.25, 0.3) is 0 Å². The fourth-order valence-corrected chi connectivity index (χ4v) is 1.80. The molecule has 2 nitrogen and oxygen atoms in total. The Hall–Kier alpha value is -0.910. The maximum absolute atomic E-state index is 10.1. The Bertz CT molecular complexity index is 415. The number of nitrogens with zero attached hydrogens (tertiary/aromatic N) is 1. The van der Waals surface area contributed by atoms with Gasteiger partial charge < -0.3 is 5.21 Å². The van der Waals surface area contributed by atoms with Crippen LogP contribution in [0.1, 0.15) is 22.3 Å². The van der Waals surface area contributed by atoms with Gasteiger partial charge in [-0.05, 0) is 37.5 Å². The quantitative estimate of drug-likeness (QED) is 0.616. The lowest BCUT2D eigenvalue weighted by Crippen LogP contribution is -1.94. The second kappa shape index (κ2) is 4.08. The summed E-state index contributed by atoms with van der Waals surface area (Å²) in [4.78, 5) is 0. The van der Waals surface area contributed by atoms with Crippen molar-refractivity contribution in [2.75, 3.05) is 0 Å². The van der Waals surface area contributed by atoms with Crippen molar-refractivity contribution in [3.8, 4) is 6.07 Å². The highest BCUT2D eigenvalue weighted by molar-refractivity contribution is 6.37. The van der Waals surface area contributed by atoms with Crippen molar-refractivity contribution in [1.82, 2.24) is 0 Å². The summed E-state index contributed by atoms with van der Waals surface area (Å²) in [6, 6.07) is 2.35. The summed E-state index contributed by atoms with van der Waals surface area (Å²) in [6.07, 6.45) is 0. The van der Waals surface area contributed by atoms with Gasteiger partial charge in [0.15, 0.2) is 0 Å². The van der Waals surface area contributed by atoms with E-state index in [4.69, 9.17) is 23.2 Å². The van der Waals surface area contributed by atoms with E-state index in [9.17, 15) is 5.21 Å². The van der Waals surface area contributed by atoms with Crippen LogP contribution in [-0.4, -0.2) is 0 Å². The standard InChI is InChI=1S/C10H9Cl2NO/c1-5-8(4-13-14)6(2)10(12)7(3)9(5)11/h1-3H3. The normalized spacial score (nSPS) is 9.50. The summed E-state index contributed by atoms with van der Waals surface area (Å²) < 4.78 is 0. The zero-order chi connectivity index (χ0) is 10.9. The minimum absolute atomic E-state index is 0.562. The number of halogens is 2. The second-order valence-electron chi connectivity index (χ2n) is 3.08. The molecule has 4 heteroatoms. The van der Waals surface area contributed by atoms with Crippen LogP contribution in [0.4, 0.5) is 0 Å². The van der Waals surface area contributed by atoms with E-state index in [0.29, 0.717) is 15.6 Å². The summed E-state index contributed by atoms with van der Waals surface area (Å²) in [7, 11) is 0. The predicted molar refractivity (Wildman–Crippen MR) is 60.4 cm³/mol. The molecular formula is C10H9Cl2NO. The van der Waals surface area contributed by atoms with Gasteiger partial charge in [-0.15, -0.1) is 0 Å². The maximum Gasteiger partial charge on any atom is 0.337 e. The lowest BCUT2D eigenvalue weighted by Gasteiger charge is -2.09. The molecule has 0 N–H and O–H groups in total. The van der Waals surface area contributed by atoms with E-state index in [1.54, 1.807) is 0 Å². The number of hydrogen-bond donors (Lipinski definition) is 0. The molecule has 0 radical (unpaired) electrons. The molecule has 1 rings (SSSR count). The SMILES string of the molecule is Cc1c(Cl)c(C)c(C#[N+][O-])c(C)c1Cl. The number of hydrogen-bond acceptors (Lipinski definition) is 1. The van der Waals surface area contributed by atoms with Crippen LogP contribution in [0.25, 0.3) is 5.01 Å². The average Bonchev–Trinajstić information content (AvgIpc) is 2.19. The maximum atomic E-state index is 10.1. The van der Waals surface area contributed by atoms with E-state index in [1.165, 1.54) is 0 Å². The fraction of sp³-hybridized carbons (Fsp3) is 0.300. The first-order valence-electron chi connectivity index (χ1n) is 4.03. The summed E-state index contributed by atoms with van der Waals surface area (Å²) in [5.74, 6) is 0. The van der Waals surface area contributed by atoms with Crippen LogP contribution in [0.5, 0.6) is 0 Å². The third-order valence-electron chi connectivity index (χ3n) is 2.22. The van der Waals surface area contributed by atoms with Crippen molar-refractivity contribution in [2.24, 2.45) is 0 Å². The van der Waals surface area contributed by atoms with Crippen molar-refractivity contribution in [2.45, 2.75) is 20.8 Å². The Morgan fingerprint density at radius 2 is 1.43 bits per heavy atom. The molecule has 0 amide bonds. The Morgan fingerprint density at radius 3 is 1.79 bits per heavy atom. The Morgan fingerprint density at radius 1 is 1.00 bits per heavy atom. The first kappa shape index (κ1) is 11.2. The zero-order valence-corrected chi connectivity index (χ0v) is 9.62. The highest BCUT2D eigenvalue weighted by atomic mass is 35.5. The van der Waals surface area contributed by atoms with Crippen molar-refractivity contribution in [3.63, 3.8) is 0 Å². The molecule has 0 fully saturated rings. The van der Waals surface area contributed by atoms with E-state index in [0.717, 1.165) is 16.7 Å². The summed E-state index contributed by atoms with van der Waals surface area (Å²) in [5.41, 5.74) is 2.97. The van der Waals surface area contributed by atoms with Gasteiger partial charge >= 0.3 is 6.07 Å². The molecule has 0 bridgehead atoms. The van der Waals surface area contributed by atoms with Crippen molar-refractivity contribution < 1.29 is 0 Å². The molecule has 0 unspecified atom stereocenters. The Labute approximate surface area is 92.8 Å². The van der Waals surface area contributed by atoms with E-state index < -0.39 is 0 Å². The highest BCUT2D eigenvalue weighted by Gasteiger charge is 2.16. The van der Waals surface area contributed by atoms with Crippen LogP contribution >= 0.6 is 23.2 Å². The van der Waals surface area contributed by atoms with Gasteiger partial charge in [0.1, 0.15) is 5.56 Å². The topological polar surface area (TPSA) is 27.4 Å². The van der Waals surface area contributed by atoms with E-state index in [1.807, 2.05) is 20.8 Å². The van der Waals surface area contributed by atoms with Crippen LogP contribution in [0.15, 0.2) is 0 Å². The van der Waals surface area contributed by atoms with Gasteiger partial charge in [-0.3, -0.25) is 0 Å². The molecule has 0 heterocycles. The molecule has 0 atom stereocenters. The minimum Gasteiger partial charge on any atom is -0.498 e. The zero-order valence-electron chi connectivity index (χ0n) is 8.11.